The number of aliphatic carboxylic acids is 2. The Morgan fingerprint density at radius 2 is 1.65 bits per heavy atom. The molecule has 0 saturated carbocycles. The van der Waals surface area contributed by atoms with Crippen LogP contribution in [0.1, 0.15) is 19.0 Å². The second-order valence-electron chi connectivity index (χ2n) is 5.35. The highest BCUT2D eigenvalue weighted by Gasteiger charge is 2.38. The van der Waals surface area contributed by atoms with Crippen molar-refractivity contribution in [1.82, 2.24) is 15.3 Å². The second-order valence-corrected chi connectivity index (χ2v) is 5.35. The molecule has 6 N–H and O–H groups in total. The molecule has 0 aliphatic carbocycles. The second kappa shape index (κ2) is 15.0. The van der Waals surface area contributed by atoms with Gasteiger partial charge in [-0.25, -0.2) is 14.6 Å². The molecule has 1 aromatic heterocycles. The quantitative estimate of drug-likeness (QED) is 0.353. The van der Waals surface area contributed by atoms with Gasteiger partial charge in [0.2, 0.25) is 5.91 Å². The molecule has 1 heterocycles. The number of nitrogens with zero attached hydrogens (tertiary/aromatic N) is 1. The Morgan fingerprint density at radius 1 is 1.16 bits per heavy atom. The maximum absolute atomic E-state index is 11.5. The van der Waals surface area contributed by atoms with E-state index in [4.69, 9.17) is 30.3 Å². The summed E-state index contributed by atoms with van der Waals surface area (Å²) in [5, 5.41) is 17.1. The number of hydrogen-bond acceptors (Lipinski definition) is 6. The maximum atomic E-state index is 11.5. The van der Waals surface area contributed by atoms with Gasteiger partial charge in [0.15, 0.2) is 0 Å². The fourth-order valence-corrected chi connectivity index (χ4v) is 1.50. The number of carbonyl (C=O) groups is 3. The van der Waals surface area contributed by atoms with E-state index in [-0.39, 0.29) is 11.9 Å². The summed E-state index contributed by atoms with van der Waals surface area (Å²) in [6.45, 7) is 3.41. The number of carboxylic acids is 2. The Balaban J connectivity index is 0. The van der Waals surface area contributed by atoms with Crippen molar-refractivity contribution < 1.29 is 55.7 Å². The number of aromatic amines is 1. The van der Waals surface area contributed by atoms with Gasteiger partial charge in [0.05, 0.1) is 19.0 Å². The van der Waals surface area contributed by atoms with E-state index in [1.54, 1.807) is 12.5 Å². The lowest BCUT2D eigenvalue weighted by molar-refractivity contribution is -0.193. The Morgan fingerprint density at radius 3 is 1.97 bits per heavy atom. The predicted octanol–water partition coefficient (Wildman–Crippen LogP) is 1.09. The first kappa shape index (κ1) is 30.3. The lowest BCUT2D eigenvalue weighted by Gasteiger charge is -2.17. The molecule has 1 rings (SSSR count). The van der Waals surface area contributed by atoms with Gasteiger partial charge in [-0.05, 0) is 6.92 Å². The van der Waals surface area contributed by atoms with Gasteiger partial charge >= 0.3 is 24.3 Å². The first-order chi connectivity index (χ1) is 14.1. The normalized spacial score (nSPS) is 11.9. The standard InChI is InChI=1S/C11H20N4O2.2C2HF3O2/c1-2-17-7-10(15-11(16)3-4-12)5-9-6-13-8-14-9;2*3-2(4,5)1(6)7/h6,8,10H,2-5,7,12H2,1H3,(H,13,14)(H,15,16);2*(H,6,7)/t10-;;/m0../s1. The fraction of sp³-hybridized carbons (Fsp3) is 0.600. The highest BCUT2D eigenvalue weighted by molar-refractivity contribution is 5.76. The number of carbonyl (C=O) groups excluding carboxylic acids is 1. The molecule has 16 heteroatoms. The topological polar surface area (TPSA) is 168 Å². The van der Waals surface area contributed by atoms with Gasteiger partial charge in [-0.1, -0.05) is 0 Å². The highest BCUT2D eigenvalue weighted by atomic mass is 19.4. The number of ether oxygens (including phenoxy) is 1. The molecule has 0 aliphatic rings. The number of amides is 1. The number of imidazole rings is 1. The summed E-state index contributed by atoms with van der Waals surface area (Å²) in [7, 11) is 0. The Kier molecular flexibility index (Phi) is 14.7. The van der Waals surface area contributed by atoms with Crippen molar-refractivity contribution in [1.29, 1.82) is 0 Å². The van der Waals surface area contributed by atoms with Crippen LogP contribution in [0.3, 0.4) is 0 Å². The van der Waals surface area contributed by atoms with Crippen molar-refractivity contribution in [3.05, 3.63) is 18.2 Å². The SMILES string of the molecule is CCOC[C@H](Cc1cnc[nH]1)NC(=O)CCN.O=C(O)C(F)(F)F.O=C(O)C(F)(F)F. The van der Waals surface area contributed by atoms with Crippen molar-refractivity contribution in [2.45, 2.75) is 38.2 Å². The van der Waals surface area contributed by atoms with Crippen molar-refractivity contribution >= 4 is 17.8 Å². The third-order valence-corrected chi connectivity index (χ3v) is 2.77. The molecular weight excluding hydrogens is 446 g/mol. The van der Waals surface area contributed by atoms with Crippen LogP contribution in [-0.2, 0) is 25.5 Å². The lowest BCUT2D eigenvalue weighted by atomic mass is 10.1. The Labute approximate surface area is 171 Å². The van der Waals surface area contributed by atoms with Crippen LogP contribution in [0, 0.1) is 0 Å². The first-order valence-electron chi connectivity index (χ1n) is 8.29. The van der Waals surface area contributed by atoms with Crippen LogP contribution in [-0.4, -0.2) is 76.2 Å². The predicted molar refractivity (Wildman–Crippen MR) is 91.8 cm³/mol. The number of halogens is 6. The first-order valence-corrected chi connectivity index (χ1v) is 8.29. The van der Waals surface area contributed by atoms with Crippen LogP contribution in [0.5, 0.6) is 0 Å². The molecule has 0 aromatic carbocycles. The number of aromatic nitrogens is 2. The van der Waals surface area contributed by atoms with E-state index in [1.165, 1.54) is 0 Å². The van der Waals surface area contributed by atoms with Gasteiger partial charge in [-0.3, -0.25) is 4.79 Å². The van der Waals surface area contributed by atoms with Crippen LogP contribution in [0.4, 0.5) is 26.3 Å². The number of H-pyrrole nitrogens is 1. The summed E-state index contributed by atoms with van der Waals surface area (Å²) in [4.78, 5) is 36.2. The minimum absolute atomic E-state index is 0.0447. The summed E-state index contributed by atoms with van der Waals surface area (Å²) in [5.41, 5.74) is 6.31. The smallest absolute Gasteiger partial charge is 0.475 e. The summed E-state index contributed by atoms with van der Waals surface area (Å²) < 4.78 is 68.8. The molecule has 1 amide bonds. The molecule has 0 radical (unpaired) electrons. The van der Waals surface area contributed by atoms with Crippen LogP contribution in [0.2, 0.25) is 0 Å². The van der Waals surface area contributed by atoms with E-state index in [0.29, 0.717) is 32.6 Å². The molecule has 0 saturated heterocycles. The van der Waals surface area contributed by atoms with Crippen molar-refractivity contribution in [3.8, 4) is 0 Å². The number of nitrogens with two attached hydrogens (primary N) is 1. The molecule has 1 atom stereocenters. The lowest BCUT2D eigenvalue weighted by Crippen LogP contribution is -2.40. The molecule has 0 aliphatic heterocycles. The van der Waals surface area contributed by atoms with Crippen molar-refractivity contribution in [2.75, 3.05) is 19.8 Å². The molecule has 10 nitrogen and oxygen atoms in total. The maximum Gasteiger partial charge on any atom is 0.490 e. The third-order valence-electron chi connectivity index (χ3n) is 2.77. The Bertz CT molecular complexity index is 627. The molecule has 0 unspecified atom stereocenters. The van der Waals surface area contributed by atoms with E-state index in [1.807, 2.05) is 6.92 Å². The van der Waals surface area contributed by atoms with E-state index in [9.17, 15) is 31.1 Å². The van der Waals surface area contributed by atoms with Gasteiger partial charge in [-0.2, -0.15) is 26.3 Å². The summed E-state index contributed by atoms with van der Waals surface area (Å²) >= 11 is 0. The molecule has 0 spiro atoms. The van der Waals surface area contributed by atoms with Gasteiger partial charge in [0.1, 0.15) is 0 Å². The summed E-state index contributed by atoms with van der Waals surface area (Å²) in [6.07, 6.45) is -5.79. The monoisotopic (exact) mass is 468 g/mol. The van der Waals surface area contributed by atoms with Crippen molar-refractivity contribution in [3.63, 3.8) is 0 Å². The van der Waals surface area contributed by atoms with Crippen molar-refractivity contribution in [2.24, 2.45) is 5.73 Å². The van der Waals surface area contributed by atoms with Gasteiger partial charge in [0.25, 0.3) is 0 Å². The van der Waals surface area contributed by atoms with Gasteiger partial charge < -0.3 is 31.0 Å². The molecular formula is C15H22F6N4O6. The van der Waals surface area contributed by atoms with E-state index in [2.05, 4.69) is 15.3 Å². The van der Waals surface area contributed by atoms with Crippen LogP contribution >= 0.6 is 0 Å². The minimum Gasteiger partial charge on any atom is -0.475 e. The fourth-order valence-electron chi connectivity index (χ4n) is 1.50. The van der Waals surface area contributed by atoms with Gasteiger partial charge in [0, 0.05) is 37.9 Å². The van der Waals surface area contributed by atoms with E-state index >= 15 is 0 Å². The van der Waals surface area contributed by atoms with Gasteiger partial charge in [-0.15, -0.1) is 0 Å². The minimum atomic E-state index is -5.08. The number of rotatable bonds is 8. The van der Waals surface area contributed by atoms with Crippen LogP contribution in [0.25, 0.3) is 0 Å². The third kappa shape index (κ3) is 17.7. The van der Waals surface area contributed by atoms with E-state index < -0.39 is 24.3 Å². The number of carboxylic acid groups (broad SMARTS) is 2. The molecule has 0 fully saturated rings. The number of nitrogens with one attached hydrogen (secondary N) is 2. The zero-order valence-corrected chi connectivity index (χ0v) is 16.1. The summed E-state index contributed by atoms with van der Waals surface area (Å²) in [6, 6.07) is -0.0468. The summed E-state index contributed by atoms with van der Waals surface area (Å²) in [5.74, 6) is -5.56. The molecule has 1 aromatic rings. The largest absolute Gasteiger partial charge is 0.490 e. The van der Waals surface area contributed by atoms with E-state index in [0.717, 1.165) is 5.69 Å². The average Bonchev–Trinajstić information content (AvgIpc) is 3.12. The molecule has 0 bridgehead atoms. The van der Waals surface area contributed by atoms with Crippen LogP contribution in [0.15, 0.2) is 12.5 Å². The average molecular weight is 468 g/mol. The Hall–Kier alpha value is -2.88. The molecule has 31 heavy (non-hydrogen) atoms. The van der Waals surface area contributed by atoms with Crippen LogP contribution < -0.4 is 11.1 Å². The molecule has 180 valence electrons. The number of alkyl halides is 6. The zero-order chi connectivity index (χ0) is 24.7. The highest BCUT2D eigenvalue weighted by Crippen LogP contribution is 2.13. The number of hydrogen-bond donors (Lipinski definition) is 5. The zero-order valence-electron chi connectivity index (χ0n) is 16.1.